The maximum absolute atomic E-state index is 12.9. The van der Waals surface area contributed by atoms with E-state index >= 15 is 0 Å². The van der Waals surface area contributed by atoms with E-state index in [1.807, 2.05) is 0 Å². The second kappa shape index (κ2) is 7.04. The van der Waals surface area contributed by atoms with Crippen LogP contribution in [0.25, 0.3) is 0 Å². The molecule has 0 saturated carbocycles. The molecule has 0 amide bonds. The Bertz CT molecular complexity index is 823. The van der Waals surface area contributed by atoms with Crippen molar-refractivity contribution < 1.29 is 17.7 Å². The van der Waals surface area contributed by atoms with Crippen LogP contribution in [0.15, 0.2) is 53.4 Å². The van der Waals surface area contributed by atoms with Gasteiger partial charge in [0.2, 0.25) is 10.0 Å². The van der Waals surface area contributed by atoms with E-state index in [4.69, 9.17) is 5.73 Å². The second-order valence-corrected chi connectivity index (χ2v) is 7.24. The third-order valence-electron chi connectivity index (χ3n) is 3.51. The summed E-state index contributed by atoms with van der Waals surface area (Å²) in [6.07, 6.45) is 0. The highest BCUT2D eigenvalue weighted by Gasteiger charge is 2.23. The van der Waals surface area contributed by atoms with Gasteiger partial charge < -0.3 is 5.73 Å². The predicted octanol–water partition coefficient (Wildman–Crippen LogP) is 2.05. The lowest BCUT2D eigenvalue weighted by Crippen LogP contribution is -2.34. The summed E-state index contributed by atoms with van der Waals surface area (Å²) in [6, 6.07) is 9.45. The number of nitro groups is 1. The molecule has 0 fully saturated rings. The first-order valence-electron chi connectivity index (χ1n) is 6.93. The van der Waals surface area contributed by atoms with Gasteiger partial charge in [0.25, 0.3) is 5.69 Å². The van der Waals surface area contributed by atoms with Crippen molar-refractivity contribution in [1.29, 1.82) is 0 Å². The van der Waals surface area contributed by atoms with E-state index in [1.54, 1.807) is 0 Å². The fraction of sp³-hybridized carbons (Fsp3) is 0.200. The van der Waals surface area contributed by atoms with E-state index in [0.29, 0.717) is 5.56 Å². The van der Waals surface area contributed by atoms with Gasteiger partial charge >= 0.3 is 0 Å². The minimum Gasteiger partial charge on any atom is -0.323 e. The van der Waals surface area contributed by atoms with Gasteiger partial charge in [0.1, 0.15) is 5.82 Å². The number of nitro benzene ring substituents is 1. The maximum Gasteiger partial charge on any atom is 0.269 e. The number of likely N-dealkylation sites (N-methyl/N-ethyl adjacent to an activating group) is 1. The molecule has 2 aromatic rings. The number of benzene rings is 2. The molecule has 0 aliphatic carbocycles. The fourth-order valence-corrected chi connectivity index (χ4v) is 3.31. The zero-order chi connectivity index (χ0) is 17.9. The van der Waals surface area contributed by atoms with Crippen molar-refractivity contribution in [3.05, 3.63) is 70.0 Å². The Labute approximate surface area is 138 Å². The van der Waals surface area contributed by atoms with Crippen LogP contribution in [0.5, 0.6) is 0 Å². The lowest BCUT2D eigenvalue weighted by molar-refractivity contribution is -0.384. The Morgan fingerprint density at radius 2 is 1.71 bits per heavy atom. The standard InChI is InChI=1S/C15H16FN3O4S/c1-18(10-15(17)11-2-4-12(16)5-3-11)24(22,23)14-8-6-13(7-9-14)19(20)21/h2-9,15H,10,17H2,1H3/t15-/m1/s1. The average Bonchev–Trinajstić information content (AvgIpc) is 2.55. The summed E-state index contributed by atoms with van der Waals surface area (Å²) in [5.41, 5.74) is 6.37. The molecule has 7 nitrogen and oxygen atoms in total. The molecule has 0 spiro atoms. The summed E-state index contributed by atoms with van der Waals surface area (Å²) in [4.78, 5) is 9.95. The van der Waals surface area contributed by atoms with Gasteiger partial charge in [0.15, 0.2) is 0 Å². The zero-order valence-electron chi connectivity index (χ0n) is 12.8. The van der Waals surface area contributed by atoms with Gasteiger partial charge in [0, 0.05) is 31.8 Å². The van der Waals surface area contributed by atoms with Crippen LogP contribution < -0.4 is 5.73 Å². The van der Waals surface area contributed by atoms with Crippen LogP contribution in [0.2, 0.25) is 0 Å². The molecule has 0 saturated heterocycles. The quantitative estimate of drug-likeness (QED) is 0.632. The molecule has 0 bridgehead atoms. The maximum atomic E-state index is 12.9. The highest BCUT2D eigenvalue weighted by atomic mass is 32.2. The molecule has 24 heavy (non-hydrogen) atoms. The van der Waals surface area contributed by atoms with E-state index in [-0.39, 0.29) is 17.1 Å². The van der Waals surface area contributed by atoms with Crippen molar-refractivity contribution in [2.24, 2.45) is 5.73 Å². The van der Waals surface area contributed by atoms with Gasteiger partial charge in [0.05, 0.1) is 9.82 Å². The van der Waals surface area contributed by atoms with E-state index in [0.717, 1.165) is 16.4 Å². The molecule has 2 N–H and O–H groups in total. The van der Waals surface area contributed by atoms with Crippen molar-refractivity contribution in [3.8, 4) is 0 Å². The van der Waals surface area contributed by atoms with Gasteiger partial charge in [-0.25, -0.2) is 12.8 Å². The molecule has 128 valence electrons. The number of nitrogens with zero attached hydrogens (tertiary/aromatic N) is 2. The Kier molecular flexibility index (Phi) is 5.27. The van der Waals surface area contributed by atoms with Gasteiger partial charge in [-0.2, -0.15) is 4.31 Å². The number of rotatable bonds is 6. The second-order valence-electron chi connectivity index (χ2n) is 5.19. The topological polar surface area (TPSA) is 107 Å². The molecule has 2 rings (SSSR count). The molecule has 0 aromatic heterocycles. The Morgan fingerprint density at radius 1 is 1.17 bits per heavy atom. The Morgan fingerprint density at radius 3 is 2.21 bits per heavy atom. The molecule has 2 aromatic carbocycles. The third kappa shape index (κ3) is 3.94. The minimum atomic E-state index is -3.84. The summed E-state index contributed by atoms with van der Waals surface area (Å²) in [7, 11) is -2.47. The summed E-state index contributed by atoms with van der Waals surface area (Å²) in [6.45, 7) is -0.0229. The number of nitrogens with two attached hydrogens (primary N) is 1. The van der Waals surface area contributed by atoms with Crippen LogP contribution >= 0.6 is 0 Å². The summed E-state index contributed by atoms with van der Waals surface area (Å²) in [5.74, 6) is -0.405. The van der Waals surface area contributed by atoms with Crippen LogP contribution in [0.3, 0.4) is 0 Å². The first-order valence-corrected chi connectivity index (χ1v) is 8.37. The molecular weight excluding hydrogens is 337 g/mol. The van der Waals surface area contributed by atoms with Crippen LogP contribution in [0.4, 0.5) is 10.1 Å². The first kappa shape index (κ1) is 18.0. The highest BCUT2D eigenvalue weighted by Crippen LogP contribution is 2.21. The smallest absolute Gasteiger partial charge is 0.269 e. The van der Waals surface area contributed by atoms with Crippen LogP contribution in [0, 0.1) is 15.9 Å². The predicted molar refractivity (Wildman–Crippen MR) is 86.2 cm³/mol. The SMILES string of the molecule is CN(C[C@@H](N)c1ccc(F)cc1)S(=O)(=O)c1ccc([N+](=O)[O-])cc1. The zero-order valence-corrected chi connectivity index (χ0v) is 13.6. The van der Waals surface area contributed by atoms with Crippen LogP contribution in [-0.2, 0) is 10.0 Å². The Balaban J connectivity index is 2.16. The van der Waals surface area contributed by atoms with Crippen molar-refractivity contribution in [1.82, 2.24) is 4.31 Å². The van der Waals surface area contributed by atoms with Gasteiger partial charge in [-0.05, 0) is 29.8 Å². The molecule has 0 aliphatic heterocycles. The van der Waals surface area contributed by atoms with Crippen molar-refractivity contribution in [3.63, 3.8) is 0 Å². The van der Waals surface area contributed by atoms with Gasteiger partial charge in [-0.3, -0.25) is 10.1 Å². The molecule has 0 heterocycles. The lowest BCUT2D eigenvalue weighted by Gasteiger charge is -2.21. The molecular formula is C15H16FN3O4S. The lowest BCUT2D eigenvalue weighted by atomic mass is 10.1. The van der Waals surface area contributed by atoms with Gasteiger partial charge in [-0.15, -0.1) is 0 Å². The highest BCUT2D eigenvalue weighted by molar-refractivity contribution is 7.89. The van der Waals surface area contributed by atoms with Crippen molar-refractivity contribution >= 4 is 15.7 Å². The normalized spacial score (nSPS) is 13.0. The molecule has 0 unspecified atom stereocenters. The number of non-ortho nitro benzene ring substituents is 1. The largest absolute Gasteiger partial charge is 0.323 e. The number of hydrogen-bond acceptors (Lipinski definition) is 5. The summed E-state index contributed by atoms with van der Waals surface area (Å²) >= 11 is 0. The molecule has 9 heteroatoms. The fourth-order valence-electron chi connectivity index (χ4n) is 2.11. The van der Waals surface area contributed by atoms with Crippen molar-refractivity contribution in [2.45, 2.75) is 10.9 Å². The minimum absolute atomic E-state index is 0.0229. The third-order valence-corrected chi connectivity index (χ3v) is 5.35. The summed E-state index contributed by atoms with van der Waals surface area (Å²) < 4.78 is 38.9. The number of hydrogen-bond donors (Lipinski definition) is 1. The monoisotopic (exact) mass is 353 g/mol. The van der Waals surface area contributed by atoms with E-state index in [9.17, 15) is 22.9 Å². The molecule has 0 radical (unpaired) electrons. The van der Waals surface area contributed by atoms with Gasteiger partial charge in [-0.1, -0.05) is 12.1 Å². The number of halogens is 1. The Hall–Kier alpha value is -2.36. The van der Waals surface area contributed by atoms with E-state index < -0.39 is 26.8 Å². The first-order chi connectivity index (χ1) is 11.2. The van der Waals surface area contributed by atoms with Crippen LogP contribution in [0.1, 0.15) is 11.6 Å². The summed E-state index contributed by atoms with van der Waals surface area (Å²) in [5, 5.41) is 10.6. The van der Waals surface area contributed by atoms with Crippen LogP contribution in [-0.4, -0.2) is 31.2 Å². The molecule has 1 atom stereocenters. The van der Waals surface area contributed by atoms with Crippen molar-refractivity contribution in [2.75, 3.05) is 13.6 Å². The number of sulfonamides is 1. The molecule has 0 aliphatic rings. The van der Waals surface area contributed by atoms with E-state index in [1.165, 1.54) is 43.4 Å². The van der Waals surface area contributed by atoms with E-state index in [2.05, 4.69) is 0 Å². The average molecular weight is 353 g/mol.